The highest BCUT2D eigenvalue weighted by Gasteiger charge is 2.14. The molecule has 0 saturated carbocycles. The third-order valence-corrected chi connectivity index (χ3v) is 4.15. The van der Waals surface area contributed by atoms with Gasteiger partial charge in [-0.25, -0.2) is 4.98 Å². The number of terminal acetylenes is 1. The molecule has 8 nitrogen and oxygen atoms in total. The first kappa shape index (κ1) is 20.2. The molecule has 144 valence electrons. The maximum Gasteiger partial charge on any atom is 0.306 e. The first-order valence-electron chi connectivity index (χ1n) is 8.94. The molecule has 0 aliphatic carbocycles. The minimum Gasteiger partial charge on any atom is -0.481 e. The van der Waals surface area contributed by atoms with E-state index in [0.29, 0.717) is 12.8 Å². The Morgan fingerprint density at radius 1 is 1.33 bits per heavy atom. The van der Waals surface area contributed by atoms with Crippen LogP contribution in [-0.4, -0.2) is 47.0 Å². The molecule has 0 unspecified atom stereocenters. The summed E-state index contributed by atoms with van der Waals surface area (Å²) in [4.78, 5) is 38.7. The van der Waals surface area contributed by atoms with Crippen LogP contribution in [0.4, 0.5) is 5.82 Å². The van der Waals surface area contributed by atoms with E-state index in [0.717, 1.165) is 30.9 Å². The summed E-state index contributed by atoms with van der Waals surface area (Å²) in [7, 11) is 0. The zero-order valence-corrected chi connectivity index (χ0v) is 15.1. The number of carbonyl (C=O) groups excluding carboxylic acids is 2. The Morgan fingerprint density at radius 2 is 2.15 bits per heavy atom. The molecule has 0 aromatic carbocycles. The average Bonchev–Trinajstić information content (AvgIpc) is 2.65. The fraction of sp³-hybridized carbons (Fsp3) is 0.474. The van der Waals surface area contributed by atoms with E-state index < -0.39 is 17.9 Å². The summed E-state index contributed by atoms with van der Waals surface area (Å²) in [6, 6.07) is 3.17. The summed E-state index contributed by atoms with van der Waals surface area (Å²) < 4.78 is 0. The first-order chi connectivity index (χ1) is 13.0. The van der Waals surface area contributed by atoms with Gasteiger partial charge in [-0.2, -0.15) is 0 Å². The second kappa shape index (κ2) is 10.2. The van der Waals surface area contributed by atoms with Gasteiger partial charge in [0.15, 0.2) is 0 Å². The molecule has 2 rings (SSSR count). The van der Waals surface area contributed by atoms with Crippen molar-refractivity contribution in [2.75, 3.05) is 18.4 Å². The highest BCUT2D eigenvalue weighted by atomic mass is 16.4. The van der Waals surface area contributed by atoms with Crippen molar-refractivity contribution >= 4 is 23.6 Å². The molecule has 4 N–H and O–H groups in total. The van der Waals surface area contributed by atoms with Crippen LogP contribution < -0.4 is 16.0 Å². The minimum atomic E-state index is -1.10. The molecule has 0 saturated heterocycles. The summed E-state index contributed by atoms with van der Waals surface area (Å²) in [6.07, 6.45) is 8.51. The lowest BCUT2D eigenvalue weighted by Gasteiger charge is -2.17. The Kier molecular flexibility index (Phi) is 7.62. The standard InChI is InChI=1S/C19H24N4O4/c1-2-14(11-18(26)27)22-17(25)12-21-16(24)7-3-6-15-9-8-13-5-4-10-20-19(13)23-15/h1,8-9,14H,3-7,10-12H2,(H,20,23)(H,21,24)(H,22,25)(H,26,27)/t14-/m1/s1. The zero-order valence-electron chi connectivity index (χ0n) is 15.1. The van der Waals surface area contributed by atoms with Gasteiger partial charge in [0.05, 0.1) is 13.0 Å². The zero-order chi connectivity index (χ0) is 19.6. The quantitative estimate of drug-likeness (QED) is 0.468. The number of carboxylic acids is 1. The van der Waals surface area contributed by atoms with Crippen LogP contribution in [-0.2, 0) is 27.2 Å². The third-order valence-electron chi connectivity index (χ3n) is 4.15. The monoisotopic (exact) mass is 372 g/mol. The number of amides is 2. The van der Waals surface area contributed by atoms with E-state index in [2.05, 4.69) is 32.9 Å². The highest BCUT2D eigenvalue weighted by molar-refractivity contribution is 5.85. The number of hydrogen-bond acceptors (Lipinski definition) is 5. The number of hydrogen-bond donors (Lipinski definition) is 4. The van der Waals surface area contributed by atoms with E-state index in [9.17, 15) is 14.4 Å². The van der Waals surface area contributed by atoms with E-state index in [-0.39, 0.29) is 25.3 Å². The van der Waals surface area contributed by atoms with E-state index in [4.69, 9.17) is 11.5 Å². The maximum atomic E-state index is 11.8. The molecule has 1 aliphatic heterocycles. The molecule has 0 radical (unpaired) electrons. The summed E-state index contributed by atoms with van der Waals surface area (Å²) in [6.45, 7) is 0.693. The molecule has 1 aromatic rings. The Hall–Kier alpha value is -3.08. The molecule has 27 heavy (non-hydrogen) atoms. The number of anilines is 1. The van der Waals surface area contributed by atoms with Gasteiger partial charge in [0.25, 0.3) is 0 Å². The van der Waals surface area contributed by atoms with Gasteiger partial charge in [-0.05, 0) is 37.3 Å². The number of pyridine rings is 1. The number of fused-ring (bicyclic) bond motifs is 1. The highest BCUT2D eigenvalue weighted by Crippen LogP contribution is 2.20. The lowest BCUT2D eigenvalue weighted by Crippen LogP contribution is -2.42. The van der Waals surface area contributed by atoms with Crippen molar-refractivity contribution in [1.29, 1.82) is 0 Å². The van der Waals surface area contributed by atoms with Crippen LogP contribution in [0.25, 0.3) is 0 Å². The predicted octanol–water partition coefficient (Wildman–Crippen LogP) is 0.471. The molecule has 1 atom stereocenters. The SMILES string of the molecule is C#C[C@H](CC(=O)O)NC(=O)CNC(=O)CCCc1ccc2c(n1)NCCC2. The molecule has 2 heterocycles. The van der Waals surface area contributed by atoms with Crippen molar-refractivity contribution in [2.24, 2.45) is 0 Å². The van der Waals surface area contributed by atoms with Crippen LogP contribution in [0, 0.1) is 12.3 Å². The Morgan fingerprint density at radius 3 is 2.89 bits per heavy atom. The van der Waals surface area contributed by atoms with Gasteiger partial charge in [0.1, 0.15) is 11.9 Å². The van der Waals surface area contributed by atoms with Gasteiger partial charge in [-0.3, -0.25) is 14.4 Å². The van der Waals surface area contributed by atoms with Crippen LogP contribution in [0.3, 0.4) is 0 Å². The molecule has 2 amide bonds. The molecule has 0 bridgehead atoms. The Labute approximate surface area is 158 Å². The van der Waals surface area contributed by atoms with E-state index >= 15 is 0 Å². The number of carbonyl (C=O) groups is 3. The molecule has 1 aliphatic rings. The number of rotatable bonds is 9. The van der Waals surface area contributed by atoms with Crippen LogP contribution in [0.1, 0.15) is 36.9 Å². The maximum absolute atomic E-state index is 11.8. The molecule has 0 spiro atoms. The van der Waals surface area contributed by atoms with Crippen LogP contribution >= 0.6 is 0 Å². The molecular formula is C19H24N4O4. The van der Waals surface area contributed by atoms with Crippen molar-refractivity contribution in [3.63, 3.8) is 0 Å². The summed E-state index contributed by atoms with van der Waals surface area (Å²) in [5.41, 5.74) is 2.15. The molecular weight excluding hydrogens is 348 g/mol. The van der Waals surface area contributed by atoms with Gasteiger partial charge in [-0.15, -0.1) is 6.42 Å². The number of nitrogens with zero attached hydrogens (tertiary/aromatic N) is 1. The van der Waals surface area contributed by atoms with Crippen molar-refractivity contribution in [2.45, 2.75) is 44.6 Å². The Bertz CT molecular complexity index is 742. The minimum absolute atomic E-state index is 0.238. The Balaban J connectivity index is 1.67. The number of aromatic nitrogens is 1. The van der Waals surface area contributed by atoms with Crippen LogP contribution in [0.5, 0.6) is 0 Å². The van der Waals surface area contributed by atoms with Gasteiger partial charge in [0, 0.05) is 18.7 Å². The van der Waals surface area contributed by atoms with Crippen molar-refractivity contribution in [1.82, 2.24) is 15.6 Å². The van der Waals surface area contributed by atoms with Gasteiger partial charge in [-0.1, -0.05) is 12.0 Å². The summed E-state index contributed by atoms with van der Waals surface area (Å²) in [5.74, 6) is 1.25. The largest absolute Gasteiger partial charge is 0.481 e. The van der Waals surface area contributed by atoms with Crippen molar-refractivity contribution < 1.29 is 19.5 Å². The predicted molar refractivity (Wildman–Crippen MR) is 100 cm³/mol. The topological polar surface area (TPSA) is 120 Å². The second-order valence-electron chi connectivity index (χ2n) is 6.36. The van der Waals surface area contributed by atoms with E-state index in [1.807, 2.05) is 6.07 Å². The number of aliphatic carboxylic acids is 1. The fourth-order valence-corrected chi connectivity index (χ4v) is 2.78. The van der Waals surface area contributed by atoms with E-state index in [1.165, 1.54) is 5.56 Å². The summed E-state index contributed by atoms with van der Waals surface area (Å²) >= 11 is 0. The smallest absolute Gasteiger partial charge is 0.306 e. The van der Waals surface area contributed by atoms with Crippen LogP contribution in [0.2, 0.25) is 0 Å². The fourth-order valence-electron chi connectivity index (χ4n) is 2.78. The van der Waals surface area contributed by atoms with Gasteiger partial charge in [0.2, 0.25) is 11.8 Å². The van der Waals surface area contributed by atoms with Crippen molar-refractivity contribution in [3.05, 3.63) is 23.4 Å². The average molecular weight is 372 g/mol. The second-order valence-corrected chi connectivity index (χ2v) is 6.36. The third kappa shape index (κ3) is 6.98. The van der Waals surface area contributed by atoms with Crippen LogP contribution in [0.15, 0.2) is 12.1 Å². The van der Waals surface area contributed by atoms with E-state index in [1.54, 1.807) is 0 Å². The molecule has 0 fully saturated rings. The lowest BCUT2D eigenvalue weighted by molar-refractivity contribution is -0.137. The first-order valence-corrected chi connectivity index (χ1v) is 8.94. The molecule has 8 heteroatoms. The van der Waals surface area contributed by atoms with Gasteiger partial charge >= 0.3 is 5.97 Å². The number of nitrogens with one attached hydrogen (secondary N) is 3. The molecule has 1 aromatic heterocycles. The van der Waals surface area contributed by atoms with Gasteiger partial charge < -0.3 is 21.1 Å². The lowest BCUT2D eigenvalue weighted by atomic mass is 10.1. The normalized spacial score (nSPS) is 13.4. The number of carboxylic acid groups (broad SMARTS) is 1. The van der Waals surface area contributed by atoms with Crippen molar-refractivity contribution in [3.8, 4) is 12.3 Å². The number of aryl methyl sites for hydroxylation is 2. The summed E-state index contributed by atoms with van der Waals surface area (Å²) in [5, 5.41) is 16.8.